The summed E-state index contributed by atoms with van der Waals surface area (Å²) in [6.45, 7) is 5.22. The van der Waals surface area contributed by atoms with E-state index in [-0.39, 0.29) is 25.0 Å². The third-order valence-electron chi connectivity index (χ3n) is 7.66. The highest BCUT2D eigenvalue weighted by molar-refractivity contribution is 6.84. The fraction of sp³-hybridized carbons (Fsp3) is 0.281. The average Bonchev–Trinajstić information content (AvgIpc) is 3.59. The van der Waals surface area contributed by atoms with Gasteiger partial charge in [-0.05, 0) is 84.9 Å². The summed E-state index contributed by atoms with van der Waals surface area (Å²) >= 11 is 6.09. The maximum atomic E-state index is 14.2. The second-order valence-electron chi connectivity index (χ2n) is 10.8. The molecule has 42 heavy (non-hydrogen) atoms. The molecule has 0 spiro atoms. The molecule has 5 nitrogen and oxygen atoms in total. The number of benzene rings is 3. The van der Waals surface area contributed by atoms with E-state index >= 15 is 0 Å². The standard InChI is InChI=1S/C32H31ClF3NO4Si/c1-21-27(28-18-25(39-2)14-15-29(28)37(21)24-12-10-23(33)11-13-24)19-30(38)40-17-16-22-20-31(22,32(34,35)36)41-42(3,4)26-8-6-5-7-9-26/h5-15,18,20H,16-17,19H2,1-4H3. The molecule has 0 N–H and O–H groups in total. The number of methoxy groups -OCH3 is 1. The van der Waals surface area contributed by atoms with Crippen LogP contribution in [-0.2, 0) is 20.4 Å². The van der Waals surface area contributed by atoms with E-state index in [9.17, 15) is 18.0 Å². The van der Waals surface area contributed by atoms with Gasteiger partial charge in [-0.2, -0.15) is 13.2 Å². The number of halogens is 4. The summed E-state index contributed by atoms with van der Waals surface area (Å²) in [5.74, 6) is 0.103. The van der Waals surface area contributed by atoms with Crippen molar-refractivity contribution in [1.29, 1.82) is 0 Å². The quantitative estimate of drug-likeness (QED) is 0.106. The lowest BCUT2D eigenvalue weighted by Crippen LogP contribution is -2.53. The van der Waals surface area contributed by atoms with Crippen molar-refractivity contribution in [3.8, 4) is 11.4 Å². The highest BCUT2D eigenvalue weighted by atomic mass is 35.5. The number of hydrogen-bond acceptors (Lipinski definition) is 4. The largest absolute Gasteiger partial charge is 0.497 e. The summed E-state index contributed by atoms with van der Waals surface area (Å²) in [6, 6.07) is 22.0. The third-order valence-corrected chi connectivity index (χ3v) is 10.5. The van der Waals surface area contributed by atoms with Gasteiger partial charge >= 0.3 is 12.1 Å². The molecule has 3 aromatic carbocycles. The van der Waals surface area contributed by atoms with Gasteiger partial charge in [0.25, 0.3) is 0 Å². The summed E-state index contributed by atoms with van der Waals surface area (Å²) in [5, 5.41) is 2.20. The van der Waals surface area contributed by atoms with Crippen molar-refractivity contribution in [3.05, 3.63) is 101 Å². The Kier molecular flexibility index (Phi) is 8.04. The van der Waals surface area contributed by atoms with Gasteiger partial charge in [-0.3, -0.25) is 4.79 Å². The van der Waals surface area contributed by atoms with Gasteiger partial charge in [-0.15, -0.1) is 0 Å². The highest BCUT2D eigenvalue weighted by Gasteiger charge is 2.66. The Hall–Kier alpha value is -3.53. The summed E-state index contributed by atoms with van der Waals surface area (Å²) in [4.78, 5) is 13.0. The van der Waals surface area contributed by atoms with Crippen molar-refractivity contribution in [2.45, 2.75) is 44.6 Å². The van der Waals surface area contributed by atoms with Crippen molar-refractivity contribution >= 4 is 42.0 Å². The van der Waals surface area contributed by atoms with Crippen LogP contribution in [0.2, 0.25) is 18.1 Å². The van der Waals surface area contributed by atoms with Crippen molar-refractivity contribution < 1.29 is 31.9 Å². The van der Waals surface area contributed by atoms with Gasteiger partial charge in [0, 0.05) is 28.2 Å². The van der Waals surface area contributed by atoms with E-state index in [1.54, 1.807) is 56.6 Å². The molecule has 10 heteroatoms. The molecule has 0 saturated heterocycles. The molecule has 0 radical (unpaired) electrons. The number of nitrogens with zero attached hydrogens (tertiary/aromatic N) is 1. The molecule has 0 aliphatic heterocycles. The molecule has 1 aliphatic carbocycles. The fourth-order valence-corrected chi connectivity index (χ4v) is 7.74. The minimum absolute atomic E-state index is 0.0516. The molecule has 5 rings (SSSR count). The van der Waals surface area contributed by atoms with Crippen molar-refractivity contribution in [2.75, 3.05) is 13.7 Å². The molecule has 220 valence electrons. The molecule has 1 aromatic heterocycles. The Morgan fingerprint density at radius 1 is 1.02 bits per heavy atom. The van der Waals surface area contributed by atoms with E-state index in [1.807, 2.05) is 47.9 Å². The van der Waals surface area contributed by atoms with Crippen LogP contribution in [0.1, 0.15) is 17.7 Å². The van der Waals surface area contributed by atoms with Crippen molar-refractivity contribution in [1.82, 2.24) is 4.57 Å². The second-order valence-corrected chi connectivity index (χ2v) is 15.0. The topological polar surface area (TPSA) is 49.7 Å². The van der Waals surface area contributed by atoms with Crippen molar-refractivity contribution in [3.63, 3.8) is 0 Å². The van der Waals surface area contributed by atoms with E-state index in [0.29, 0.717) is 10.8 Å². The maximum Gasteiger partial charge on any atom is 0.424 e. The van der Waals surface area contributed by atoms with Gasteiger partial charge in [0.15, 0.2) is 5.60 Å². The Labute approximate surface area is 248 Å². The number of alkyl halides is 3. The lowest BCUT2D eigenvalue weighted by atomic mass is 10.1. The molecule has 4 aromatic rings. The summed E-state index contributed by atoms with van der Waals surface area (Å²) < 4.78 is 61.3. The molecular weight excluding hydrogens is 583 g/mol. The van der Waals surface area contributed by atoms with Gasteiger partial charge in [-0.1, -0.05) is 41.9 Å². The molecule has 0 bridgehead atoms. The minimum atomic E-state index is -4.61. The number of ether oxygens (including phenoxy) is 2. The van der Waals surface area contributed by atoms with Crippen LogP contribution >= 0.6 is 11.6 Å². The van der Waals surface area contributed by atoms with E-state index in [2.05, 4.69) is 0 Å². The molecule has 0 fully saturated rings. The van der Waals surface area contributed by atoms with Crippen LogP contribution in [0.15, 0.2) is 84.4 Å². The Morgan fingerprint density at radius 2 is 1.71 bits per heavy atom. The Morgan fingerprint density at radius 3 is 2.36 bits per heavy atom. The minimum Gasteiger partial charge on any atom is -0.497 e. The summed E-state index contributed by atoms with van der Waals surface area (Å²) in [6.07, 6.45) is -3.62. The smallest absolute Gasteiger partial charge is 0.424 e. The van der Waals surface area contributed by atoms with Crippen LogP contribution in [0.3, 0.4) is 0 Å². The van der Waals surface area contributed by atoms with Crippen LogP contribution in [0, 0.1) is 6.92 Å². The predicted octanol–water partition coefficient (Wildman–Crippen LogP) is 7.45. The van der Waals surface area contributed by atoms with Crippen LogP contribution in [-0.4, -0.2) is 44.3 Å². The van der Waals surface area contributed by atoms with Crippen LogP contribution in [0.25, 0.3) is 16.6 Å². The maximum absolute atomic E-state index is 14.2. The molecule has 1 aliphatic rings. The molecular formula is C32H31ClF3NO4Si. The van der Waals surface area contributed by atoms with Gasteiger partial charge in [0.05, 0.1) is 25.7 Å². The Balaban J connectivity index is 1.29. The number of aromatic nitrogens is 1. The molecule has 0 saturated carbocycles. The SMILES string of the molecule is COc1ccc2c(c1)c(CC(=O)OCCC1=CC1(O[Si](C)(C)c1ccccc1)C(F)(F)F)c(C)n2-c1ccc(Cl)cc1. The van der Waals surface area contributed by atoms with Gasteiger partial charge in [0.2, 0.25) is 8.32 Å². The van der Waals surface area contributed by atoms with E-state index in [0.717, 1.165) is 39.1 Å². The second kappa shape index (κ2) is 11.3. The zero-order chi connectivity index (χ0) is 30.3. The highest BCUT2D eigenvalue weighted by Crippen LogP contribution is 2.53. The number of fused-ring (bicyclic) bond motifs is 1. The van der Waals surface area contributed by atoms with E-state index in [4.69, 9.17) is 25.5 Å². The first-order valence-electron chi connectivity index (χ1n) is 13.5. The lowest BCUT2D eigenvalue weighted by Gasteiger charge is -2.32. The monoisotopic (exact) mass is 613 g/mol. The van der Waals surface area contributed by atoms with Gasteiger partial charge in [-0.25, -0.2) is 0 Å². The summed E-state index contributed by atoms with van der Waals surface area (Å²) in [7, 11) is -1.32. The van der Waals surface area contributed by atoms with Crippen LogP contribution < -0.4 is 9.92 Å². The zero-order valence-electron chi connectivity index (χ0n) is 23.7. The van der Waals surface area contributed by atoms with Gasteiger partial charge in [0.1, 0.15) is 5.75 Å². The van der Waals surface area contributed by atoms with Gasteiger partial charge < -0.3 is 18.5 Å². The van der Waals surface area contributed by atoms with E-state index in [1.165, 1.54) is 0 Å². The summed E-state index contributed by atoms with van der Waals surface area (Å²) in [5.41, 5.74) is 0.999. The predicted molar refractivity (Wildman–Crippen MR) is 160 cm³/mol. The molecule has 1 heterocycles. The average molecular weight is 614 g/mol. The number of carbonyl (C=O) groups excluding carboxylic acids is 1. The van der Waals surface area contributed by atoms with E-state index < -0.39 is 26.1 Å². The number of rotatable bonds is 10. The fourth-order valence-electron chi connectivity index (χ4n) is 5.39. The van der Waals surface area contributed by atoms with Crippen molar-refractivity contribution in [2.24, 2.45) is 0 Å². The normalized spacial score (nSPS) is 16.8. The number of carbonyl (C=O) groups is 1. The first kappa shape index (κ1) is 29.9. The third kappa shape index (κ3) is 5.73. The lowest BCUT2D eigenvalue weighted by molar-refractivity contribution is -0.203. The number of hydrogen-bond donors (Lipinski definition) is 0. The zero-order valence-corrected chi connectivity index (χ0v) is 25.5. The first-order chi connectivity index (χ1) is 19.9. The first-order valence-corrected chi connectivity index (χ1v) is 16.8. The molecule has 1 unspecified atom stereocenters. The number of esters is 1. The van der Waals surface area contributed by atoms with Crippen LogP contribution in [0.5, 0.6) is 5.75 Å². The van der Waals surface area contributed by atoms with Crippen LogP contribution in [0.4, 0.5) is 13.2 Å². The Bertz CT molecular complexity index is 1650. The molecule has 0 amide bonds. The molecule has 1 atom stereocenters.